The van der Waals surface area contributed by atoms with Gasteiger partial charge < -0.3 is 9.47 Å². The Labute approximate surface area is 100.0 Å². The minimum Gasteiger partial charge on any atom is -0.497 e. The number of ether oxygens (including phenoxy) is 2. The monoisotopic (exact) mass is 233 g/mol. The van der Waals surface area contributed by atoms with Gasteiger partial charge in [-0.25, -0.2) is 0 Å². The fourth-order valence-corrected chi connectivity index (χ4v) is 2.09. The number of benzene rings is 1. The van der Waals surface area contributed by atoms with Crippen molar-refractivity contribution in [2.75, 3.05) is 20.3 Å². The summed E-state index contributed by atoms with van der Waals surface area (Å²) < 4.78 is 10.8. The second kappa shape index (κ2) is 5.57. The summed E-state index contributed by atoms with van der Waals surface area (Å²) in [5.41, 5.74) is 9.48. The average molecular weight is 233 g/mol. The Balaban J connectivity index is 2.01. The number of hydrogen-bond acceptors (Lipinski definition) is 3. The first kappa shape index (κ1) is 11.8. The largest absolute Gasteiger partial charge is 0.497 e. The first-order chi connectivity index (χ1) is 8.33. The third kappa shape index (κ3) is 2.90. The molecule has 1 fully saturated rings. The van der Waals surface area contributed by atoms with E-state index in [4.69, 9.17) is 15.0 Å². The third-order valence-corrected chi connectivity index (χ3v) is 2.99. The van der Waals surface area contributed by atoms with Crippen LogP contribution in [0.4, 0.5) is 0 Å². The Morgan fingerprint density at radius 2 is 2.47 bits per heavy atom. The maximum absolute atomic E-state index is 8.26. The number of methoxy groups -OCH3 is 1. The fraction of sp³-hybridized carbons (Fsp3) is 0.500. The van der Waals surface area contributed by atoms with Crippen molar-refractivity contribution >= 4 is 0 Å². The van der Waals surface area contributed by atoms with Gasteiger partial charge >= 0.3 is 0 Å². The molecule has 0 amide bonds. The number of nitrogens with zero attached hydrogens (tertiary/aromatic N) is 3. The first-order valence-electron chi connectivity index (χ1n) is 5.60. The van der Waals surface area contributed by atoms with Crippen LogP contribution in [0, 0.1) is 0 Å². The summed E-state index contributed by atoms with van der Waals surface area (Å²) in [5, 5.41) is 3.55. The van der Waals surface area contributed by atoms with E-state index >= 15 is 0 Å². The zero-order chi connectivity index (χ0) is 12.1. The van der Waals surface area contributed by atoms with E-state index in [0.29, 0.717) is 19.1 Å². The second-order valence-corrected chi connectivity index (χ2v) is 4.08. The van der Waals surface area contributed by atoms with Gasteiger partial charge in [-0.15, -0.1) is 0 Å². The molecule has 0 radical (unpaired) electrons. The van der Waals surface area contributed by atoms with Gasteiger partial charge in [0.2, 0.25) is 0 Å². The number of azide groups is 1. The molecular weight excluding hydrogens is 218 g/mol. The molecule has 0 aromatic heterocycles. The van der Waals surface area contributed by atoms with Crippen LogP contribution in [0.1, 0.15) is 17.9 Å². The van der Waals surface area contributed by atoms with Crippen LogP contribution in [0.3, 0.4) is 0 Å². The molecule has 1 aromatic carbocycles. The third-order valence-electron chi connectivity index (χ3n) is 2.99. The van der Waals surface area contributed by atoms with Gasteiger partial charge in [-0.1, -0.05) is 17.2 Å². The van der Waals surface area contributed by atoms with Gasteiger partial charge in [0.15, 0.2) is 0 Å². The van der Waals surface area contributed by atoms with E-state index in [1.165, 1.54) is 5.56 Å². The van der Waals surface area contributed by atoms with Gasteiger partial charge in [-0.3, -0.25) is 0 Å². The molecule has 90 valence electrons. The normalized spacial score (nSPS) is 23.1. The molecule has 0 unspecified atom stereocenters. The Bertz CT molecular complexity index is 430. The first-order valence-corrected chi connectivity index (χ1v) is 5.60. The SMILES string of the molecule is COc1cccc([C@@H]2CO[C@H](CN=[N+]=[N-])C2)c1. The molecule has 5 nitrogen and oxygen atoms in total. The van der Waals surface area contributed by atoms with Gasteiger partial charge in [0, 0.05) is 10.8 Å². The highest BCUT2D eigenvalue weighted by atomic mass is 16.5. The van der Waals surface area contributed by atoms with Crippen LogP contribution in [-0.2, 0) is 4.74 Å². The van der Waals surface area contributed by atoms with Gasteiger partial charge in [0.05, 0.1) is 26.4 Å². The van der Waals surface area contributed by atoms with Crippen LogP contribution in [0.15, 0.2) is 29.4 Å². The van der Waals surface area contributed by atoms with Crippen molar-refractivity contribution < 1.29 is 9.47 Å². The zero-order valence-corrected chi connectivity index (χ0v) is 9.74. The van der Waals surface area contributed by atoms with Crippen molar-refractivity contribution in [3.05, 3.63) is 40.3 Å². The van der Waals surface area contributed by atoms with Gasteiger partial charge in [0.25, 0.3) is 0 Å². The molecule has 1 saturated heterocycles. The van der Waals surface area contributed by atoms with Crippen LogP contribution in [-0.4, -0.2) is 26.4 Å². The van der Waals surface area contributed by atoms with E-state index in [9.17, 15) is 0 Å². The Hall–Kier alpha value is -1.71. The van der Waals surface area contributed by atoms with Gasteiger partial charge in [0.1, 0.15) is 5.75 Å². The topological polar surface area (TPSA) is 67.2 Å². The van der Waals surface area contributed by atoms with Gasteiger partial charge in [-0.2, -0.15) is 0 Å². The molecule has 1 aliphatic rings. The molecule has 17 heavy (non-hydrogen) atoms. The summed E-state index contributed by atoms with van der Waals surface area (Å²) in [4.78, 5) is 2.75. The predicted octanol–water partition coefficient (Wildman–Crippen LogP) is 2.88. The highest BCUT2D eigenvalue weighted by Crippen LogP contribution is 2.31. The Morgan fingerprint density at radius 3 is 3.24 bits per heavy atom. The lowest BCUT2D eigenvalue weighted by Crippen LogP contribution is -2.08. The molecule has 0 bridgehead atoms. The summed E-state index contributed by atoms with van der Waals surface area (Å²) in [5.74, 6) is 1.23. The van der Waals surface area contributed by atoms with Crippen molar-refractivity contribution in [3.63, 3.8) is 0 Å². The molecule has 1 aromatic rings. The van der Waals surface area contributed by atoms with Crippen molar-refractivity contribution in [1.82, 2.24) is 0 Å². The van der Waals surface area contributed by atoms with Crippen molar-refractivity contribution in [2.24, 2.45) is 5.11 Å². The fourth-order valence-electron chi connectivity index (χ4n) is 2.09. The lowest BCUT2D eigenvalue weighted by atomic mass is 9.96. The second-order valence-electron chi connectivity index (χ2n) is 4.08. The molecule has 0 saturated carbocycles. The summed E-state index contributed by atoms with van der Waals surface area (Å²) in [6.45, 7) is 1.09. The average Bonchev–Trinajstić information content (AvgIpc) is 2.85. The van der Waals surface area contributed by atoms with E-state index in [-0.39, 0.29) is 6.10 Å². The van der Waals surface area contributed by atoms with E-state index in [2.05, 4.69) is 16.1 Å². The maximum atomic E-state index is 8.26. The smallest absolute Gasteiger partial charge is 0.119 e. The molecule has 0 spiro atoms. The molecule has 5 heteroatoms. The molecule has 2 atom stereocenters. The molecule has 2 rings (SSSR count). The standard InChI is InChI=1S/C12H15N3O2/c1-16-11-4-2-3-9(5-11)10-6-12(17-8-10)7-14-15-13/h2-5,10,12H,6-8H2,1H3/t10-,12-/m0/s1. The number of hydrogen-bond donors (Lipinski definition) is 0. The van der Waals surface area contributed by atoms with E-state index in [1.54, 1.807) is 7.11 Å². The Kier molecular flexibility index (Phi) is 3.85. The highest BCUT2D eigenvalue weighted by molar-refractivity contribution is 5.31. The summed E-state index contributed by atoms with van der Waals surface area (Å²) in [6, 6.07) is 8.02. The molecule has 1 aliphatic heterocycles. The lowest BCUT2D eigenvalue weighted by molar-refractivity contribution is 0.116. The van der Waals surface area contributed by atoms with Crippen LogP contribution >= 0.6 is 0 Å². The quantitative estimate of drug-likeness (QED) is 0.456. The molecule has 0 aliphatic carbocycles. The minimum absolute atomic E-state index is 0.0436. The molecular formula is C12H15N3O2. The van der Waals surface area contributed by atoms with Crippen LogP contribution in [0.5, 0.6) is 5.75 Å². The van der Waals surface area contributed by atoms with E-state index in [1.807, 2.05) is 18.2 Å². The number of rotatable bonds is 4. The van der Waals surface area contributed by atoms with Crippen molar-refractivity contribution in [3.8, 4) is 5.75 Å². The Morgan fingerprint density at radius 1 is 1.59 bits per heavy atom. The van der Waals surface area contributed by atoms with Crippen molar-refractivity contribution in [2.45, 2.75) is 18.4 Å². The van der Waals surface area contributed by atoms with Crippen molar-refractivity contribution in [1.29, 1.82) is 0 Å². The maximum Gasteiger partial charge on any atom is 0.119 e. The highest BCUT2D eigenvalue weighted by Gasteiger charge is 2.26. The van der Waals surface area contributed by atoms with Crippen LogP contribution in [0.2, 0.25) is 0 Å². The van der Waals surface area contributed by atoms with E-state index in [0.717, 1.165) is 12.2 Å². The minimum atomic E-state index is 0.0436. The van der Waals surface area contributed by atoms with Crippen LogP contribution in [0.25, 0.3) is 10.4 Å². The summed E-state index contributed by atoms with van der Waals surface area (Å²) in [7, 11) is 1.66. The van der Waals surface area contributed by atoms with Crippen LogP contribution < -0.4 is 4.74 Å². The lowest BCUT2D eigenvalue weighted by Gasteiger charge is -2.09. The van der Waals surface area contributed by atoms with Gasteiger partial charge in [-0.05, 0) is 29.6 Å². The predicted molar refractivity (Wildman–Crippen MR) is 64.1 cm³/mol. The summed E-state index contributed by atoms with van der Waals surface area (Å²) >= 11 is 0. The molecule has 1 heterocycles. The molecule has 0 N–H and O–H groups in total. The zero-order valence-electron chi connectivity index (χ0n) is 9.74. The summed E-state index contributed by atoms with van der Waals surface area (Å²) in [6.07, 6.45) is 0.939. The van der Waals surface area contributed by atoms with E-state index < -0.39 is 0 Å².